The third kappa shape index (κ3) is 0.863. The molecule has 6 atom stereocenters. The van der Waals surface area contributed by atoms with Crippen molar-refractivity contribution in [3.63, 3.8) is 0 Å². The summed E-state index contributed by atoms with van der Waals surface area (Å²) in [6.07, 6.45) is -0.865. The van der Waals surface area contributed by atoms with E-state index in [0.29, 0.717) is 0 Å². The number of aliphatic hydroxyl groups is 4. The highest BCUT2D eigenvalue weighted by Crippen LogP contribution is 2.39. The fraction of sp³-hybridized carbons (Fsp3) is 0.750. The number of aliphatic hydroxyl groups excluding tert-OH is 4. The molecule has 4 heteroatoms. The molecule has 6 unspecified atom stereocenters. The van der Waals surface area contributed by atoms with Crippen molar-refractivity contribution in [2.75, 3.05) is 0 Å². The van der Waals surface area contributed by atoms with Gasteiger partial charge in [0.2, 0.25) is 0 Å². The molecule has 0 spiro atoms. The highest BCUT2D eigenvalue weighted by molar-refractivity contribution is 5.19. The summed E-state index contributed by atoms with van der Waals surface area (Å²) >= 11 is 0. The van der Waals surface area contributed by atoms with Crippen LogP contribution >= 0.6 is 0 Å². The molecule has 0 aliphatic heterocycles. The first-order chi connectivity index (χ1) is 5.63. The van der Waals surface area contributed by atoms with Gasteiger partial charge in [0.05, 0.1) is 12.2 Å². The Morgan fingerprint density at radius 3 is 1.17 bits per heavy atom. The smallest absolute Gasteiger partial charge is 0.109 e. The fourth-order valence-corrected chi connectivity index (χ4v) is 1.91. The zero-order valence-corrected chi connectivity index (χ0v) is 6.41. The Labute approximate surface area is 69.8 Å². The molecular formula is C8H12O4. The second-order valence-corrected chi connectivity index (χ2v) is 3.50. The summed E-state index contributed by atoms with van der Waals surface area (Å²) in [5.74, 6) is -0.392. The van der Waals surface area contributed by atoms with Gasteiger partial charge in [-0.15, -0.1) is 0 Å². The third-order valence-corrected chi connectivity index (χ3v) is 2.84. The van der Waals surface area contributed by atoms with E-state index in [0.717, 1.165) is 0 Å². The molecule has 0 aromatic carbocycles. The number of rotatable bonds is 0. The molecule has 1 fully saturated rings. The van der Waals surface area contributed by atoms with Gasteiger partial charge in [-0.1, -0.05) is 12.2 Å². The molecule has 0 aromatic heterocycles. The Kier molecular flexibility index (Phi) is 1.73. The Morgan fingerprint density at radius 2 is 0.917 bits per heavy atom. The first-order valence-electron chi connectivity index (χ1n) is 4.03. The van der Waals surface area contributed by atoms with Crippen molar-refractivity contribution in [3.8, 4) is 0 Å². The molecule has 0 aromatic rings. The van der Waals surface area contributed by atoms with Crippen molar-refractivity contribution in [3.05, 3.63) is 12.2 Å². The van der Waals surface area contributed by atoms with Gasteiger partial charge in [-0.25, -0.2) is 0 Å². The van der Waals surface area contributed by atoms with E-state index in [9.17, 15) is 20.4 Å². The number of hydrogen-bond acceptors (Lipinski definition) is 4. The van der Waals surface area contributed by atoms with E-state index in [4.69, 9.17) is 0 Å². The van der Waals surface area contributed by atoms with Crippen molar-refractivity contribution in [1.82, 2.24) is 0 Å². The van der Waals surface area contributed by atoms with Crippen molar-refractivity contribution in [1.29, 1.82) is 0 Å². The largest absolute Gasteiger partial charge is 0.390 e. The predicted octanol–water partition coefficient (Wildman–Crippen LogP) is -1.75. The van der Waals surface area contributed by atoms with Crippen LogP contribution in [0.1, 0.15) is 0 Å². The highest BCUT2D eigenvalue weighted by Gasteiger charge is 2.49. The molecule has 68 valence electrons. The Balaban J connectivity index is 2.21. The maximum Gasteiger partial charge on any atom is 0.109 e. The SMILES string of the molecule is OC1C(O)C(O)C2C=CC2C1O. The van der Waals surface area contributed by atoms with Crippen LogP contribution in [0.3, 0.4) is 0 Å². The fourth-order valence-electron chi connectivity index (χ4n) is 1.91. The lowest BCUT2D eigenvalue weighted by Crippen LogP contribution is -2.59. The number of fused-ring (bicyclic) bond motifs is 1. The first kappa shape index (κ1) is 8.19. The van der Waals surface area contributed by atoms with Gasteiger partial charge in [0.25, 0.3) is 0 Å². The number of hydrogen-bond donors (Lipinski definition) is 4. The van der Waals surface area contributed by atoms with Crippen LogP contribution in [0.25, 0.3) is 0 Å². The summed E-state index contributed by atoms with van der Waals surface area (Å²) in [4.78, 5) is 0. The second-order valence-electron chi connectivity index (χ2n) is 3.50. The van der Waals surface area contributed by atoms with Crippen molar-refractivity contribution in [2.45, 2.75) is 24.4 Å². The van der Waals surface area contributed by atoms with E-state index in [2.05, 4.69) is 0 Å². The van der Waals surface area contributed by atoms with Crippen LogP contribution in [-0.2, 0) is 0 Å². The summed E-state index contributed by atoms with van der Waals surface area (Å²) in [5.41, 5.74) is 0. The summed E-state index contributed by atoms with van der Waals surface area (Å²) in [6.45, 7) is 0. The Bertz CT molecular complexity index is 193. The van der Waals surface area contributed by atoms with Gasteiger partial charge in [-0.3, -0.25) is 0 Å². The van der Waals surface area contributed by atoms with Crippen LogP contribution in [-0.4, -0.2) is 44.8 Å². The second kappa shape index (κ2) is 2.53. The summed E-state index contributed by atoms with van der Waals surface area (Å²) in [5, 5.41) is 37.3. The lowest BCUT2D eigenvalue weighted by molar-refractivity contribution is -0.171. The average Bonchev–Trinajstić information content (AvgIpc) is 1.97. The summed E-state index contributed by atoms with van der Waals surface area (Å²) < 4.78 is 0. The van der Waals surface area contributed by atoms with Crippen LogP contribution < -0.4 is 0 Å². The zero-order chi connectivity index (χ0) is 8.88. The van der Waals surface area contributed by atoms with Gasteiger partial charge in [0.15, 0.2) is 0 Å². The van der Waals surface area contributed by atoms with E-state index in [1.807, 2.05) is 0 Å². The molecular weight excluding hydrogens is 160 g/mol. The molecule has 0 radical (unpaired) electrons. The summed E-state index contributed by atoms with van der Waals surface area (Å²) in [6, 6.07) is 0. The van der Waals surface area contributed by atoms with Gasteiger partial charge >= 0.3 is 0 Å². The highest BCUT2D eigenvalue weighted by atomic mass is 16.4. The normalized spacial score (nSPS) is 57.7. The van der Waals surface area contributed by atoms with Gasteiger partial charge < -0.3 is 20.4 Å². The minimum atomic E-state index is -1.23. The third-order valence-electron chi connectivity index (χ3n) is 2.84. The van der Waals surface area contributed by atoms with Gasteiger partial charge in [0.1, 0.15) is 12.2 Å². The van der Waals surface area contributed by atoms with E-state index >= 15 is 0 Å². The quantitative estimate of drug-likeness (QED) is 0.326. The Hall–Kier alpha value is -0.420. The lowest BCUT2D eigenvalue weighted by Gasteiger charge is -2.46. The molecule has 0 bridgehead atoms. The monoisotopic (exact) mass is 172 g/mol. The molecule has 2 rings (SSSR count). The van der Waals surface area contributed by atoms with Crippen LogP contribution in [0.4, 0.5) is 0 Å². The van der Waals surface area contributed by atoms with Crippen LogP contribution in [0, 0.1) is 11.8 Å². The summed E-state index contributed by atoms with van der Waals surface area (Å²) in [7, 11) is 0. The molecule has 12 heavy (non-hydrogen) atoms. The van der Waals surface area contributed by atoms with Gasteiger partial charge in [-0.2, -0.15) is 0 Å². The Morgan fingerprint density at radius 1 is 0.583 bits per heavy atom. The lowest BCUT2D eigenvalue weighted by atomic mass is 9.66. The predicted molar refractivity (Wildman–Crippen MR) is 40.1 cm³/mol. The standard InChI is InChI=1S/C8H12O4/c9-5-3-1-2-4(3)6(10)8(12)7(5)11/h1-12H. The average molecular weight is 172 g/mol. The topological polar surface area (TPSA) is 80.9 Å². The molecule has 4 nitrogen and oxygen atoms in total. The first-order valence-corrected chi connectivity index (χ1v) is 4.03. The van der Waals surface area contributed by atoms with Gasteiger partial charge in [0, 0.05) is 11.8 Å². The van der Waals surface area contributed by atoms with Crippen molar-refractivity contribution < 1.29 is 20.4 Å². The van der Waals surface area contributed by atoms with Crippen LogP contribution in [0.5, 0.6) is 0 Å². The minimum absolute atomic E-state index is 0.196. The van der Waals surface area contributed by atoms with E-state index < -0.39 is 24.4 Å². The van der Waals surface area contributed by atoms with E-state index in [1.165, 1.54) is 0 Å². The van der Waals surface area contributed by atoms with Crippen molar-refractivity contribution >= 4 is 0 Å². The van der Waals surface area contributed by atoms with Crippen LogP contribution in [0.2, 0.25) is 0 Å². The van der Waals surface area contributed by atoms with Gasteiger partial charge in [-0.05, 0) is 0 Å². The van der Waals surface area contributed by atoms with E-state index in [-0.39, 0.29) is 11.8 Å². The minimum Gasteiger partial charge on any atom is -0.390 e. The molecule has 0 amide bonds. The van der Waals surface area contributed by atoms with E-state index in [1.54, 1.807) is 12.2 Å². The molecule has 0 saturated heterocycles. The molecule has 2 aliphatic rings. The molecule has 2 aliphatic carbocycles. The zero-order valence-electron chi connectivity index (χ0n) is 6.41. The molecule has 1 saturated carbocycles. The maximum absolute atomic E-state index is 9.38. The molecule has 4 N–H and O–H groups in total. The molecule has 0 heterocycles. The van der Waals surface area contributed by atoms with Crippen LogP contribution in [0.15, 0.2) is 12.2 Å². The van der Waals surface area contributed by atoms with Crippen molar-refractivity contribution in [2.24, 2.45) is 11.8 Å². The maximum atomic E-state index is 9.38.